The highest BCUT2D eigenvalue weighted by molar-refractivity contribution is 9.10. The SMILES string of the molecule is COc1ccc(COc2ccc(Oc3c(Cl)cc(Br)cc3Cl)cc2C)cc1. The Morgan fingerprint density at radius 1 is 0.889 bits per heavy atom. The Hall–Kier alpha value is -1.88. The van der Waals surface area contributed by atoms with Crippen molar-refractivity contribution in [3.63, 3.8) is 0 Å². The van der Waals surface area contributed by atoms with Crippen LogP contribution >= 0.6 is 39.1 Å². The van der Waals surface area contributed by atoms with E-state index in [9.17, 15) is 0 Å². The van der Waals surface area contributed by atoms with Crippen molar-refractivity contribution in [2.45, 2.75) is 13.5 Å². The minimum atomic E-state index is 0.424. The Kier molecular flexibility index (Phi) is 6.53. The largest absolute Gasteiger partial charge is 0.497 e. The third kappa shape index (κ3) is 5.10. The van der Waals surface area contributed by atoms with E-state index in [-0.39, 0.29) is 0 Å². The van der Waals surface area contributed by atoms with E-state index in [1.165, 1.54) is 0 Å². The molecule has 0 unspecified atom stereocenters. The molecule has 0 radical (unpaired) electrons. The zero-order chi connectivity index (χ0) is 19.4. The van der Waals surface area contributed by atoms with Gasteiger partial charge in [-0.25, -0.2) is 0 Å². The molecule has 3 nitrogen and oxygen atoms in total. The van der Waals surface area contributed by atoms with Crippen LogP contribution in [0, 0.1) is 6.92 Å². The molecular weight excluding hydrogens is 451 g/mol. The van der Waals surface area contributed by atoms with Gasteiger partial charge in [-0.2, -0.15) is 0 Å². The Labute approximate surface area is 176 Å². The molecule has 140 valence electrons. The van der Waals surface area contributed by atoms with Crippen LogP contribution in [-0.4, -0.2) is 7.11 Å². The van der Waals surface area contributed by atoms with Gasteiger partial charge in [0, 0.05) is 4.47 Å². The lowest BCUT2D eigenvalue weighted by molar-refractivity contribution is 0.303. The third-order valence-electron chi connectivity index (χ3n) is 3.88. The number of halogens is 3. The lowest BCUT2D eigenvalue weighted by atomic mass is 10.2. The molecule has 3 aromatic carbocycles. The smallest absolute Gasteiger partial charge is 0.164 e. The molecule has 0 N–H and O–H groups in total. The summed E-state index contributed by atoms with van der Waals surface area (Å²) in [5, 5.41) is 0.874. The van der Waals surface area contributed by atoms with E-state index in [0.29, 0.717) is 28.2 Å². The van der Waals surface area contributed by atoms with Crippen molar-refractivity contribution < 1.29 is 14.2 Å². The van der Waals surface area contributed by atoms with Crippen molar-refractivity contribution in [1.82, 2.24) is 0 Å². The molecule has 27 heavy (non-hydrogen) atoms. The predicted octanol–water partition coefficient (Wildman–Crippen LogP) is 7.44. The Morgan fingerprint density at radius 2 is 1.52 bits per heavy atom. The molecule has 0 spiro atoms. The standard InChI is InChI=1S/C21H17BrCl2O3/c1-13-9-17(27-21-18(23)10-15(22)11-19(21)24)7-8-20(13)26-12-14-3-5-16(25-2)6-4-14/h3-11H,12H2,1-2H3. The molecule has 3 rings (SSSR count). The first-order valence-electron chi connectivity index (χ1n) is 8.15. The number of ether oxygens (including phenoxy) is 3. The van der Waals surface area contributed by atoms with E-state index in [4.69, 9.17) is 37.4 Å². The minimum Gasteiger partial charge on any atom is -0.497 e. The second-order valence-corrected chi connectivity index (χ2v) is 7.59. The molecule has 0 aromatic heterocycles. The number of hydrogen-bond acceptors (Lipinski definition) is 3. The van der Waals surface area contributed by atoms with Crippen LogP contribution in [0.15, 0.2) is 59.1 Å². The van der Waals surface area contributed by atoms with Crippen molar-refractivity contribution in [1.29, 1.82) is 0 Å². The topological polar surface area (TPSA) is 27.7 Å². The van der Waals surface area contributed by atoms with Gasteiger partial charge < -0.3 is 14.2 Å². The first-order valence-corrected chi connectivity index (χ1v) is 9.70. The molecule has 0 amide bonds. The van der Waals surface area contributed by atoms with Crippen molar-refractivity contribution in [3.8, 4) is 23.0 Å². The first-order chi connectivity index (χ1) is 13.0. The fourth-order valence-corrected chi connectivity index (χ4v) is 3.76. The van der Waals surface area contributed by atoms with E-state index in [1.54, 1.807) is 19.2 Å². The fourth-order valence-electron chi connectivity index (χ4n) is 2.47. The van der Waals surface area contributed by atoms with E-state index in [1.807, 2.05) is 49.4 Å². The summed E-state index contributed by atoms with van der Waals surface area (Å²) in [4.78, 5) is 0. The van der Waals surface area contributed by atoms with Gasteiger partial charge in [0.2, 0.25) is 0 Å². The highest BCUT2D eigenvalue weighted by Crippen LogP contribution is 2.39. The molecule has 0 heterocycles. The zero-order valence-corrected chi connectivity index (χ0v) is 17.9. The van der Waals surface area contributed by atoms with Crippen molar-refractivity contribution >= 4 is 39.1 Å². The molecule has 0 aliphatic rings. The molecule has 3 aromatic rings. The second kappa shape index (κ2) is 8.87. The average molecular weight is 468 g/mol. The minimum absolute atomic E-state index is 0.424. The van der Waals surface area contributed by atoms with Crippen LogP contribution < -0.4 is 14.2 Å². The van der Waals surface area contributed by atoms with Gasteiger partial charge in [-0.3, -0.25) is 0 Å². The molecule has 0 saturated heterocycles. The maximum Gasteiger partial charge on any atom is 0.164 e. The Balaban J connectivity index is 1.70. The van der Waals surface area contributed by atoms with Crippen LogP contribution in [-0.2, 0) is 6.61 Å². The quantitative estimate of drug-likeness (QED) is 0.376. The van der Waals surface area contributed by atoms with Crippen molar-refractivity contribution in [2.75, 3.05) is 7.11 Å². The number of methoxy groups -OCH3 is 1. The van der Waals surface area contributed by atoms with E-state index < -0.39 is 0 Å². The van der Waals surface area contributed by atoms with Gasteiger partial charge in [0.25, 0.3) is 0 Å². The van der Waals surface area contributed by atoms with Gasteiger partial charge >= 0.3 is 0 Å². The van der Waals surface area contributed by atoms with Gasteiger partial charge in [-0.15, -0.1) is 0 Å². The Bertz CT molecular complexity index is 920. The fraction of sp³-hybridized carbons (Fsp3) is 0.143. The molecule has 0 saturated carbocycles. The summed E-state index contributed by atoms with van der Waals surface area (Å²) < 4.78 is 17.7. The average Bonchev–Trinajstić information content (AvgIpc) is 2.64. The van der Waals surface area contributed by atoms with Gasteiger partial charge in [0.1, 0.15) is 23.9 Å². The maximum absolute atomic E-state index is 6.22. The van der Waals surface area contributed by atoms with Crippen LogP contribution in [0.1, 0.15) is 11.1 Å². The summed E-state index contributed by atoms with van der Waals surface area (Å²) in [7, 11) is 1.65. The van der Waals surface area contributed by atoms with Crippen LogP contribution in [0.5, 0.6) is 23.0 Å². The van der Waals surface area contributed by atoms with E-state index >= 15 is 0 Å². The maximum atomic E-state index is 6.22. The van der Waals surface area contributed by atoms with E-state index in [0.717, 1.165) is 27.1 Å². The highest BCUT2D eigenvalue weighted by atomic mass is 79.9. The highest BCUT2D eigenvalue weighted by Gasteiger charge is 2.11. The second-order valence-electron chi connectivity index (χ2n) is 5.86. The van der Waals surface area contributed by atoms with Crippen LogP contribution in [0.25, 0.3) is 0 Å². The van der Waals surface area contributed by atoms with Crippen LogP contribution in [0.2, 0.25) is 10.0 Å². The van der Waals surface area contributed by atoms with Gasteiger partial charge in [-0.05, 0) is 60.5 Å². The molecule has 0 aliphatic heterocycles. The molecule has 0 atom stereocenters. The lowest BCUT2D eigenvalue weighted by Crippen LogP contribution is -1.97. The zero-order valence-electron chi connectivity index (χ0n) is 14.8. The molecule has 0 aliphatic carbocycles. The first kappa shape index (κ1) is 19.9. The van der Waals surface area contributed by atoms with Gasteiger partial charge in [0.15, 0.2) is 5.75 Å². The van der Waals surface area contributed by atoms with Gasteiger partial charge in [-0.1, -0.05) is 51.3 Å². The summed E-state index contributed by atoms with van der Waals surface area (Å²) in [5.41, 5.74) is 2.01. The summed E-state index contributed by atoms with van der Waals surface area (Å²) in [6.45, 7) is 2.43. The van der Waals surface area contributed by atoms with Crippen LogP contribution in [0.3, 0.4) is 0 Å². The van der Waals surface area contributed by atoms with Crippen LogP contribution in [0.4, 0.5) is 0 Å². The third-order valence-corrected chi connectivity index (χ3v) is 4.90. The number of benzene rings is 3. The summed E-state index contributed by atoms with van der Waals surface area (Å²) in [6.07, 6.45) is 0. The molecule has 0 bridgehead atoms. The molecule has 6 heteroatoms. The Morgan fingerprint density at radius 3 is 2.11 bits per heavy atom. The number of rotatable bonds is 6. The lowest BCUT2D eigenvalue weighted by Gasteiger charge is -2.13. The summed E-state index contributed by atoms with van der Waals surface area (Å²) >= 11 is 15.8. The number of aryl methyl sites for hydroxylation is 1. The normalized spacial score (nSPS) is 10.6. The van der Waals surface area contributed by atoms with Gasteiger partial charge in [0.05, 0.1) is 17.2 Å². The molecule has 0 fully saturated rings. The number of hydrogen-bond donors (Lipinski definition) is 0. The molecular formula is C21H17BrCl2O3. The van der Waals surface area contributed by atoms with E-state index in [2.05, 4.69) is 15.9 Å². The summed E-state index contributed by atoms with van der Waals surface area (Å²) in [6, 6.07) is 16.8. The summed E-state index contributed by atoms with van der Waals surface area (Å²) in [5.74, 6) is 2.66. The monoisotopic (exact) mass is 466 g/mol. The van der Waals surface area contributed by atoms with Crippen molar-refractivity contribution in [3.05, 3.63) is 80.2 Å². The predicted molar refractivity (Wildman–Crippen MR) is 113 cm³/mol. The van der Waals surface area contributed by atoms with Crippen molar-refractivity contribution in [2.24, 2.45) is 0 Å².